The first-order valence-electron chi connectivity index (χ1n) is 10.2. The number of benzene rings is 1. The van der Waals surface area contributed by atoms with E-state index in [0.29, 0.717) is 29.6 Å². The topological polar surface area (TPSA) is 95.2 Å². The minimum absolute atomic E-state index is 0.0780. The van der Waals surface area contributed by atoms with Crippen LogP contribution in [0, 0.1) is 10.9 Å². The predicted molar refractivity (Wildman–Crippen MR) is 121 cm³/mol. The summed E-state index contributed by atoms with van der Waals surface area (Å²) < 4.78 is 54.2. The first-order valence-corrected chi connectivity index (χ1v) is 12.8. The minimum atomic E-state index is -4.28. The van der Waals surface area contributed by atoms with Crippen LogP contribution < -0.4 is 20.7 Å². The first-order chi connectivity index (χ1) is 14.8. The maximum Gasteiger partial charge on any atom is 0.266 e. The number of thiazole rings is 1. The summed E-state index contributed by atoms with van der Waals surface area (Å²) in [7, 11) is -4.28. The number of nitrogens with zero attached hydrogens (tertiary/aromatic N) is 1. The first kappa shape index (κ1) is 24.1. The van der Waals surface area contributed by atoms with Crippen molar-refractivity contribution >= 4 is 43.8 Å². The Kier molecular flexibility index (Phi) is 8.85. The van der Waals surface area contributed by atoms with Crippen LogP contribution in [-0.2, 0) is 10.0 Å². The molecule has 1 aliphatic heterocycles. The zero-order chi connectivity index (χ0) is 22.3. The quantitative estimate of drug-likeness (QED) is 0.336. The third-order valence-electron chi connectivity index (χ3n) is 4.94. The normalized spacial score (nSPS) is 16.5. The molecule has 2 aromatic rings. The SMILES string of the molecule is O=S(=O)(Nc1ncc(F)s1)c1cc(Cl)c(NCCCCNCC[C@H]2CCCN2)cc1F. The van der Waals surface area contributed by atoms with Gasteiger partial charge in [0.15, 0.2) is 10.3 Å². The molecule has 1 aromatic carbocycles. The van der Waals surface area contributed by atoms with E-state index in [4.69, 9.17) is 11.6 Å². The number of halogens is 3. The van der Waals surface area contributed by atoms with E-state index in [1.807, 2.05) is 4.72 Å². The minimum Gasteiger partial charge on any atom is -0.384 e. The molecule has 3 rings (SSSR count). The lowest BCUT2D eigenvalue weighted by Gasteiger charge is -2.13. The molecule has 1 atom stereocenters. The molecule has 1 saturated heterocycles. The summed E-state index contributed by atoms with van der Waals surface area (Å²) in [6.45, 7) is 3.58. The Morgan fingerprint density at radius 2 is 2.03 bits per heavy atom. The van der Waals surface area contributed by atoms with Crippen LogP contribution in [0.4, 0.5) is 19.6 Å². The third kappa shape index (κ3) is 7.25. The molecule has 0 aliphatic carbocycles. The maximum atomic E-state index is 14.5. The largest absolute Gasteiger partial charge is 0.384 e. The van der Waals surface area contributed by atoms with Gasteiger partial charge in [-0.1, -0.05) is 22.9 Å². The van der Waals surface area contributed by atoms with Crippen LogP contribution in [0.25, 0.3) is 0 Å². The standard InChI is InChI=1S/C19H26ClF2N5O2S2/c20-14-10-17(31(28,29)27-19-26-12-18(22)30-19)15(21)11-16(14)25-7-2-1-6-23-9-5-13-4-3-8-24-13/h10-13,23-25H,1-9H2,(H,26,27)/t13-/m1/s1. The monoisotopic (exact) mass is 493 g/mol. The summed E-state index contributed by atoms with van der Waals surface area (Å²) in [5, 5.41) is 9.16. The highest BCUT2D eigenvalue weighted by Gasteiger charge is 2.23. The van der Waals surface area contributed by atoms with Crippen molar-refractivity contribution in [1.82, 2.24) is 15.6 Å². The molecule has 1 aromatic heterocycles. The highest BCUT2D eigenvalue weighted by atomic mass is 35.5. The predicted octanol–water partition coefficient (Wildman–Crippen LogP) is 3.80. The molecule has 31 heavy (non-hydrogen) atoms. The number of unbranched alkanes of at least 4 members (excludes halogenated alkanes) is 1. The molecule has 0 spiro atoms. The van der Waals surface area contributed by atoms with Crippen molar-refractivity contribution in [1.29, 1.82) is 0 Å². The number of nitrogens with one attached hydrogen (secondary N) is 4. The molecular formula is C19H26ClF2N5O2S2. The fourth-order valence-corrected chi connectivity index (χ4v) is 5.51. The van der Waals surface area contributed by atoms with Gasteiger partial charge < -0.3 is 16.0 Å². The van der Waals surface area contributed by atoms with Crippen LogP contribution in [0.1, 0.15) is 32.1 Å². The molecule has 0 radical (unpaired) electrons. The second-order valence-corrected chi connectivity index (χ2v) is 10.3. The lowest BCUT2D eigenvalue weighted by Crippen LogP contribution is -2.27. The van der Waals surface area contributed by atoms with Crippen molar-refractivity contribution in [3.63, 3.8) is 0 Å². The van der Waals surface area contributed by atoms with Crippen molar-refractivity contribution in [3.8, 4) is 0 Å². The van der Waals surface area contributed by atoms with Crippen molar-refractivity contribution < 1.29 is 17.2 Å². The van der Waals surface area contributed by atoms with E-state index >= 15 is 0 Å². The number of hydrogen-bond donors (Lipinski definition) is 4. The number of anilines is 2. The lowest BCUT2D eigenvalue weighted by atomic mass is 10.1. The summed E-state index contributed by atoms with van der Waals surface area (Å²) >= 11 is 6.65. The highest BCUT2D eigenvalue weighted by Crippen LogP contribution is 2.30. The Balaban J connectivity index is 1.43. The van der Waals surface area contributed by atoms with Gasteiger partial charge in [0, 0.05) is 12.6 Å². The van der Waals surface area contributed by atoms with Gasteiger partial charge in [0.05, 0.1) is 16.9 Å². The molecule has 1 fully saturated rings. The number of sulfonamides is 1. The fourth-order valence-electron chi connectivity index (χ4n) is 3.34. The van der Waals surface area contributed by atoms with E-state index in [-0.39, 0.29) is 10.2 Å². The van der Waals surface area contributed by atoms with Crippen LogP contribution in [0.15, 0.2) is 23.2 Å². The Morgan fingerprint density at radius 1 is 1.23 bits per heavy atom. The van der Waals surface area contributed by atoms with Gasteiger partial charge in [-0.25, -0.2) is 17.8 Å². The average Bonchev–Trinajstić information content (AvgIpc) is 3.37. The van der Waals surface area contributed by atoms with E-state index in [9.17, 15) is 17.2 Å². The van der Waals surface area contributed by atoms with Crippen molar-refractivity contribution in [2.45, 2.75) is 43.0 Å². The van der Waals surface area contributed by atoms with E-state index in [1.165, 1.54) is 12.8 Å². The van der Waals surface area contributed by atoms with E-state index in [0.717, 1.165) is 57.2 Å². The van der Waals surface area contributed by atoms with Gasteiger partial charge in [0.2, 0.25) is 0 Å². The molecule has 0 bridgehead atoms. The second kappa shape index (κ2) is 11.4. The van der Waals surface area contributed by atoms with E-state index in [1.54, 1.807) is 0 Å². The van der Waals surface area contributed by atoms with Gasteiger partial charge >= 0.3 is 0 Å². The molecule has 172 valence electrons. The molecule has 0 saturated carbocycles. The van der Waals surface area contributed by atoms with Crippen LogP contribution >= 0.6 is 22.9 Å². The number of hydrogen-bond acceptors (Lipinski definition) is 7. The Morgan fingerprint density at radius 3 is 2.74 bits per heavy atom. The van der Waals surface area contributed by atoms with Crippen LogP contribution in [0.3, 0.4) is 0 Å². The van der Waals surface area contributed by atoms with Gasteiger partial charge in [-0.05, 0) is 63.9 Å². The zero-order valence-corrected chi connectivity index (χ0v) is 19.3. The number of aromatic nitrogens is 1. The Hall–Kier alpha value is -1.53. The van der Waals surface area contributed by atoms with Gasteiger partial charge in [-0.3, -0.25) is 4.72 Å². The van der Waals surface area contributed by atoms with E-state index < -0.39 is 25.9 Å². The maximum absolute atomic E-state index is 14.5. The molecule has 0 unspecified atom stereocenters. The van der Waals surface area contributed by atoms with Gasteiger partial charge in [-0.15, -0.1) is 0 Å². The second-order valence-electron chi connectivity index (χ2n) is 7.30. The summed E-state index contributed by atoms with van der Waals surface area (Å²) in [6.07, 6.45) is 6.32. The van der Waals surface area contributed by atoms with Gasteiger partial charge in [0.25, 0.3) is 10.0 Å². The smallest absolute Gasteiger partial charge is 0.266 e. The van der Waals surface area contributed by atoms with Crippen LogP contribution in [-0.4, -0.2) is 45.6 Å². The molecule has 7 nitrogen and oxygen atoms in total. The summed E-state index contributed by atoms with van der Waals surface area (Å²) in [4.78, 5) is 2.94. The summed E-state index contributed by atoms with van der Waals surface area (Å²) in [6, 6.07) is 2.71. The molecule has 2 heterocycles. The zero-order valence-electron chi connectivity index (χ0n) is 16.9. The number of rotatable bonds is 12. The van der Waals surface area contributed by atoms with Gasteiger partial charge in [0.1, 0.15) is 10.7 Å². The average molecular weight is 494 g/mol. The van der Waals surface area contributed by atoms with Crippen LogP contribution in [0.5, 0.6) is 0 Å². The molecule has 4 N–H and O–H groups in total. The molecule has 0 amide bonds. The van der Waals surface area contributed by atoms with E-state index in [2.05, 4.69) is 20.9 Å². The summed E-state index contributed by atoms with van der Waals surface area (Å²) in [5.74, 6) is -0.960. The van der Waals surface area contributed by atoms with Crippen molar-refractivity contribution in [2.75, 3.05) is 36.2 Å². The van der Waals surface area contributed by atoms with Crippen molar-refractivity contribution in [3.05, 3.63) is 34.3 Å². The van der Waals surface area contributed by atoms with Crippen molar-refractivity contribution in [2.24, 2.45) is 0 Å². The Bertz CT molecular complexity index is 968. The van der Waals surface area contributed by atoms with Gasteiger partial charge in [-0.2, -0.15) is 4.39 Å². The molecule has 1 aliphatic rings. The lowest BCUT2D eigenvalue weighted by molar-refractivity contribution is 0.517. The highest BCUT2D eigenvalue weighted by molar-refractivity contribution is 7.93. The summed E-state index contributed by atoms with van der Waals surface area (Å²) in [5.41, 5.74) is 0.318. The van der Waals surface area contributed by atoms with Crippen LogP contribution in [0.2, 0.25) is 5.02 Å². The molecule has 12 heteroatoms. The fraction of sp³-hybridized carbons (Fsp3) is 0.526. The molecular weight excluding hydrogens is 468 g/mol. The Labute approximate surface area is 190 Å². The third-order valence-corrected chi connectivity index (χ3v) is 7.44.